The molecule has 1 aromatic heterocycles. The lowest BCUT2D eigenvalue weighted by molar-refractivity contribution is -0.0993. The second-order valence-electron chi connectivity index (χ2n) is 7.74. The third kappa shape index (κ3) is 4.33. The van der Waals surface area contributed by atoms with Gasteiger partial charge in [-0.25, -0.2) is 9.07 Å². The molecule has 0 unspecified atom stereocenters. The first-order chi connectivity index (χ1) is 12.7. The number of nitrogens with zero attached hydrogens (tertiary/aromatic N) is 3. The van der Waals surface area contributed by atoms with Gasteiger partial charge in [0.25, 0.3) is 0 Å². The zero-order chi connectivity index (χ0) is 17.9. The van der Waals surface area contributed by atoms with Crippen LogP contribution in [0.4, 0.5) is 4.39 Å². The molecule has 2 aromatic rings. The Kier molecular flexibility index (Phi) is 5.36. The fourth-order valence-electron chi connectivity index (χ4n) is 3.83. The second-order valence-corrected chi connectivity index (χ2v) is 7.74. The maximum atomic E-state index is 13.1. The lowest BCUT2D eigenvalue weighted by Crippen LogP contribution is -2.47. The van der Waals surface area contributed by atoms with Gasteiger partial charge in [-0.15, -0.1) is 0 Å². The lowest BCUT2D eigenvalue weighted by Gasteiger charge is -2.38. The molecule has 1 saturated heterocycles. The quantitative estimate of drug-likeness (QED) is 0.745. The van der Waals surface area contributed by atoms with E-state index in [9.17, 15) is 4.39 Å². The average molecular weight is 357 g/mol. The van der Waals surface area contributed by atoms with E-state index in [0.29, 0.717) is 12.2 Å². The topological polar surface area (TPSA) is 30.3 Å². The van der Waals surface area contributed by atoms with Crippen LogP contribution in [-0.4, -0.2) is 40.0 Å². The Morgan fingerprint density at radius 3 is 2.73 bits per heavy atom. The van der Waals surface area contributed by atoms with E-state index in [4.69, 9.17) is 4.74 Å². The molecule has 0 bridgehead atoms. The minimum absolute atomic E-state index is 0.223. The molecule has 1 saturated carbocycles. The molecule has 1 aliphatic heterocycles. The minimum Gasteiger partial charge on any atom is -0.372 e. The summed E-state index contributed by atoms with van der Waals surface area (Å²) in [5.74, 6) is 0.544. The molecule has 2 fully saturated rings. The molecule has 4 rings (SSSR count). The smallest absolute Gasteiger partial charge is 0.123 e. The summed E-state index contributed by atoms with van der Waals surface area (Å²) in [5.41, 5.74) is 2.08. The standard InChI is InChI=1S/C21H28FN3O/c1-2-3-4-20-14-24(15-21(26-20)17-5-6-17)12-16-11-23-25(13-16)19-9-7-18(22)8-10-19/h7-11,13,17,20-21H,2-6,12,14-15H2,1H3/t20-,21-/m1/s1. The first kappa shape index (κ1) is 17.7. The van der Waals surface area contributed by atoms with Crippen LogP contribution in [0.2, 0.25) is 0 Å². The van der Waals surface area contributed by atoms with E-state index in [1.807, 2.05) is 10.9 Å². The predicted molar refractivity (Wildman–Crippen MR) is 99.7 cm³/mol. The first-order valence-electron chi connectivity index (χ1n) is 9.88. The van der Waals surface area contributed by atoms with Crippen molar-refractivity contribution in [3.63, 3.8) is 0 Å². The van der Waals surface area contributed by atoms with Crippen LogP contribution in [0.15, 0.2) is 36.7 Å². The average Bonchev–Trinajstić information content (AvgIpc) is 3.40. The Hall–Kier alpha value is -1.72. The summed E-state index contributed by atoms with van der Waals surface area (Å²) in [6.07, 6.45) is 11.0. The second kappa shape index (κ2) is 7.89. The Morgan fingerprint density at radius 1 is 1.19 bits per heavy atom. The highest BCUT2D eigenvalue weighted by Crippen LogP contribution is 2.37. The van der Waals surface area contributed by atoms with E-state index in [2.05, 4.69) is 23.1 Å². The molecular formula is C21H28FN3O. The van der Waals surface area contributed by atoms with Crippen molar-refractivity contribution in [2.75, 3.05) is 13.1 Å². The van der Waals surface area contributed by atoms with Crippen molar-refractivity contribution >= 4 is 0 Å². The fourth-order valence-corrected chi connectivity index (χ4v) is 3.83. The number of morpholine rings is 1. The van der Waals surface area contributed by atoms with Crippen LogP contribution in [0.1, 0.15) is 44.6 Å². The summed E-state index contributed by atoms with van der Waals surface area (Å²) in [6, 6.07) is 6.45. The Bertz CT molecular complexity index is 710. The minimum atomic E-state index is -0.223. The van der Waals surface area contributed by atoms with Gasteiger partial charge >= 0.3 is 0 Å². The number of hydrogen-bond acceptors (Lipinski definition) is 3. The van der Waals surface area contributed by atoms with Gasteiger partial charge in [-0.05, 0) is 49.4 Å². The van der Waals surface area contributed by atoms with Crippen LogP contribution in [0, 0.1) is 11.7 Å². The molecular weight excluding hydrogens is 329 g/mol. The maximum Gasteiger partial charge on any atom is 0.123 e. The van der Waals surface area contributed by atoms with Gasteiger partial charge in [-0.1, -0.05) is 19.8 Å². The highest BCUT2D eigenvalue weighted by Gasteiger charge is 2.38. The molecule has 2 heterocycles. The van der Waals surface area contributed by atoms with Crippen LogP contribution in [0.5, 0.6) is 0 Å². The van der Waals surface area contributed by atoms with E-state index in [0.717, 1.165) is 37.7 Å². The molecule has 1 aliphatic carbocycles. The van der Waals surface area contributed by atoms with E-state index in [-0.39, 0.29) is 5.82 Å². The van der Waals surface area contributed by atoms with Gasteiger partial charge < -0.3 is 4.74 Å². The Balaban J connectivity index is 1.41. The number of hydrogen-bond donors (Lipinski definition) is 0. The summed E-state index contributed by atoms with van der Waals surface area (Å²) >= 11 is 0. The third-order valence-electron chi connectivity index (χ3n) is 5.43. The van der Waals surface area contributed by atoms with Crippen molar-refractivity contribution in [3.8, 4) is 5.69 Å². The number of halogens is 1. The molecule has 0 N–H and O–H groups in total. The number of rotatable bonds is 7. The van der Waals surface area contributed by atoms with E-state index in [1.54, 1.807) is 12.1 Å². The van der Waals surface area contributed by atoms with Crippen LogP contribution >= 0.6 is 0 Å². The van der Waals surface area contributed by atoms with Crippen LogP contribution in [0.3, 0.4) is 0 Å². The van der Waals surface area contributed by atoms with Crippen LogP contribution in [0.25, 0.3) is 5.69 Å². The molecule has 0 spiro atoms. The summed E-state index contributed by atoms with van der Waals surface area (Å²) in [4.78, 5) is 2.53. The molecule has 26 heavy (non-hydrogen) atoms. The largest absolute Gasteiger partial charge is 0.372 e. The zero-order valence-corrected chi connectivity index (χ0v) is 15.5. The van der Waals surface area contributed by atoms with Gasteiger partial charge in [0.15, 0.2) is 0 Å². The summed E-state index contributed by atoms with van der Waals surface area (Å²) in [5, 5.41) is 4.45. The Labute approximate surface area is 155 Å². The maximum absolute atomic E-state index is 13.1. The Morgan fingerprint density at radius 2 is 2.00 bits per heavy atom. The van der Waals surface area contributed by atoms with Gasteiger partial charge in [0.05, 0.1) is 24.1 Å². The number of aromatic nitrogens is 2. The van der Waals surface area contributed by atoms with Crippen LogP contribution in [-0.2, 0) is 11.3 Å². The number of unbranched alkanes of at least 4 members (excludes halogenated alkanes) is 1. The van der Waals surface area contributed by atoms with Crippen molar-refractivity contribution in [2.24, 2.45) is 5.92 Å². The fraction of sp³-hybridized carbons (Fsp3) is 0.571. The molecule has 1 aromatic carbocycles. The first-order valence-corrected chi connectivity index (χ1v) is 9.88. The van der Waals surface area contributed by atoms with Gasteiger partial charge in [0, 0.05) is 31.4 Å². The number of benzene rings is 1. The molecule has 5 heteroatoms. The van der Waals surface area contributed by atoms with Gasteiger partial charge in [-0.3, -0.25) is 4.90 Å². The highest BCUT2D eigenvalue weighted by atomic mass is 19.1. The SMILES string of the molecule is CCCC[C@@H]1CN(Cc2cnn(-c3ccc(F)cc3)c2)C[C@H](C2CC2)O1. The van der Waals surface area contributed by atoms with E-state index >= 15 is 0 Å². The van der Waals surface area contributed by atoms with E-state index in [1.165, 1.54) is 43.4 Å². The zero-order valence-electron chi connectivity index (χ0n) is 15.5. The van der Waals surface area contributed by atoms with Gasteiger partial charge in [-0.2, -0.15) is 5.10 Å². The van der Waals surface area contributed by atoms with Crippen molar-refractivity contribution in [3.05, 3.63) is 48.0 Å². The molecule has 4 nitrogen and oxygen atoms in total. The summed E-state index contributed by atoms with van der Waals surface area (Å²) < 4.78 is 21.3. The molecule has 0 amide bonds. The van der Waals surface area contributed by atoms with Crippen molar-refractivity contribution in [2.45, 2.75) is 57.8 Å². The molecule has 140 valence electrons. The van der Waals surface area contributed by atoms with E-state index < -0.39 is 0 Å². The monoisotopic (exact) mass is 357 g/mol. The van der Waals surface area contributed by atoms with Crippen molar-refractivity contribution < 1.29 is 9.13 Å². The van der Waals surface area contributed by atoms with Crippen molar-refractivity contribution in [1.82, 2.24) is 14.7 Å². The summed E-state index contributed by atoms with van der Waals surface area (Å²) in [6.45, 7) is 5.17. The number of ether oxygens (including phenoxy) is 1. The third-order valence-corrected chi connectivity index (χ3v) is 5.43. The molecule has 0 radical (unpaired) electrons. The summed E-state index contributed by atoms with van der Waals surface area (Å²) in [7, 11) is 0. The normalized spacial score (nSPS) is 24.1. The molecule has 2 aliphatic rings. The lowest BCUT2D eigenvalue weighted by atomic mass is 10.1. The predicted octanol–water partition coefficient (Wildman–Crippen LogP) is 4.18. The highest BCUT2D eigenvalue weighted by molar-refractivity contribution is 5.31. The van der Waals surface area contributed by atoms with Crippen LogP contribution < -0.4 is 0 Å². The molecule has 2 atom stereocenters. The van der Waals surface area contributed by atoms with Crippen molar-refractivity contribution in [1.29, 1.82) is 0 Å². The van der Waals surface area contributed by atoms with Gasteiger partial charge in [0.2, 0.25) is 0 Å². The van der Waals surface area contributed by atoms with Gasteiger partial charge in [0.1, 0.15) is 5.82 Å².